The van der Waals surface area contributed by atoms with Crippen molar-refractivity contribution in [1.82, 2.24) is 9.88 Å². The maximum atomic E-state index is 12.2. The largest absolute Gasteiger partial charge is 0.389 e. The van der Waals surface area contributed by atoms with Gasteiger partial charge in [0.05, 0.1) is 5.60 Å². The van der Waals surface area contributed by atoms with Crippen LogP contribution in [0.25, 0.3) is 0 Å². The van der Waals surface area contributed by atoms with Crippen LogP contribution in [0.1, 0.15) is 31.3 Å². The van der Waals surface area contributed by atoms with Gasteiger partial charge in [-0.2, -0.15) is 0 Å². The van der Waals surface area contributed by atoms with Gasteiger partial charge in [0.2, 0.25) is 0 Å². The molecule has 0 aliphatic rings. The lowest BCUT2D eigenvalue weighted by molar-refractivity contribution is 0.0311. The lowest BCUT2D eigenvalue weighted by Gasteiger charge is -2.27. The highest BCUT2D eigenvalue weighted by Crippen LogP contribution is 2.10. The van der Waals surface area contributed by atoms with E-state index in [9.17, 15) is 9.90 Å². The summed E-state index contributed by atoms with van der Waals surface area (Å²) in [5, 5.41) is 12.7. The van der Waals surface area contributed by atoms with Crippen molar-refractivity contribution < 1.29 is 9.90 Å². The Bertz CT molecular complexity index is 413. The Balaban J connectivity index is 2.89. The fraction of sp³-hybridized carbons (Fsp3) is 0.538. The molecule has 0 spiro atoms. The van der Waals surface area contributed by atoms with Crippen molar-refractivity contribution in [1.29, 1.82) is 0 Å². The molecule has 0 aliphatic heterocycles. The van der Waals surface area contributed by atoms with Crippen LogP contribution >= 0.6 is 0 Å². The monoisotopic (exact) mass is 251 g/mol. The Morgan fingerprint density at radius 1 is 1.50 bits per heavy atom. The summed E-state index contributed by atoms with van der Waals surface area (Å²) in [4.78, 5) is 18.0. The molecule has 0 bridgehead atoms. The molecule has 2 N–H and O–H groups in total. The van der Waals surface area contributed by atoms with E-state index in [2.05, 4.69) is 10.3 Å². The summed E-state index contributed by atoms with van der Waals surface area (Å²) in [6, 6.07) is 5.25. The molecule has 1 aromatic heterocycles. The fourth-order valence-corrected chi connectivity index (χ4v) is 1.65. The third kappa shape index (κ3) is 4.00. The van der Waals surface area contributed by atoms with Crippen LogP contribution < -0.4 is 5.32 Å². The SMILES string of the molecule is CCN(CC(C)(C)O)C(=O)c1cccc(NC)n1. The molecule has 1 rings (SSSR count). The molecule has 1 amide bonds. The number of pyridine rings is 1. The Morgan fingerprint density at radius 2 is 2.17 bits per heavy atom. The third-order valence-electron chi connectivity index (χ3n) is 2.47. The average molecular weight is 251 g/mol. The van der Waals surface area contributed by atoms with Gasteiger partial charge in [0.1, 0.15) is 11.5 Å². The van der Waals surface area contributed by atoms with E-state index in [-0.39, 0.29) is 12.5 Å². The van der Waals surface area contributed by atoms with Crippen molar-refractivity contribution in [3.63, 3.8) is 0 Å². The zero-order valence-corrected chi connectivity index (χ0v) is 11.4. The second kappa shape index (κ2) is 5.82. The van der Waals surface area contributed by atoms with Gasteiger partial charge < -0.3 is 15.3 Å². The number of carbonyl (C=O) groups excluding carboxylic acids is 1. The van der Waals surface area contributed by atoms with Gasteiger partial charge in [-0.3, -0.25) is 4.79 Å². The van der Waals surface area contributed by atoms with E-state index in [0.29, 0.717) is 18.1 Å². The van der Waals surface area contributed by atoms with Gasteiger partial charge in [-0.15, -0.1) is 0 Å². The quantitative estimate of drug-likeness (QED) is 0.829. The Morgan fingerprint density at radius 3 is 2.67 bits per heavy atom. The second-order valence-corrected chi connectivity index (χ2v) is 4.79. The predicted molar refractivity (Wildman–Crippen MR) is 71.7 cm³/mol. The van der Waals surface area contributed by atoms with Gasteiger partial charge in [0, 0.05) is 20.1 Å². The first kappa shape index (κ1) is 14.4. The van der Waals surface area contributed by atoms with Gasteiger partial charge in [-0.1, -0.05) is 6.07 Å². The van der Waals surface area contributed by atoms with E-state index in [1.807, 2.05) is 6.92 Å². The van der Waals surface area contributed by atoms with Gasteiger partial charge >= 0.3 is 0 Å². The third-order valence-corrected chi connectivity index (χ3v) is 2.47. The maximum absolute atomic E-state index is 12.2. The summed E-state index contributed by atoms with van der Waals surface area (Å²) in [5.74, 6) is 0.483. The number of aromatic nitrogens is 1. The second-order valence-electron chi connectivity index (χ2n) is 4.79. The minimum absolute atomic E-state index is 0.170. The van der Waals surface area contributed by atoms with Crippen molar-refractivity contribution >= 4 is 11.7 Å². The fourth-order valence-electron chi connectivity index (χ4n) is 1.65. The number of nitrogens with one attached hydrogen (secondary N) is 1. The molecule has 18 heavy (non-hydrogen) atoms. The number of aliphatic hydroxyl groups is 1. The lowest BCUT2D eigenvalue weighted by atomic mass is 10.1. The lowest BCUT2D eigenvalue weighted by Crippen LogP contribution is -2.42. The van der Waals surface area contributed by atoms with Gasteiger partial charge in [-0.05, 0) is 32.9 Å². The molecule has 0 aromatic carbocycles. The van der Waals surface area contributed by atoms with Crippen LogP contribution in [0.15, 0.2) is 18.2 Å². The molecule has 0 aliphatic carbocycles. The topological polar surface area (TPSA) is 65.5 Å². The number of hydrogen-bond donors (Lipinski definition) is 2. The molecule has 5 nitrogen and oxygen atoms in total. The number of carbonyl (C=O) groups is 1. The molecule has 5 heteroatoms. The van der Waals surface area contributed by atoms with Crippen molar-refractivity contribution in [2.45, 2.75) is 26.4 Å². The van der Waals surface area contributed by atoms with E-state index >= 15 is 0 Å². The molecule has 0 atom stereocenters. The molecule has 1 aromatic rings. The van der Waals surface area contributed by atoms with Crippen molar-refractivity contribution in [3.8, 4) is 0 Å². The summed E-state index contributed by atoms with van der Waals surface area (Å²) in [7, 11) is 1.75. The Hall–Kier alpha value is -1.62. The smallest absolute Gasteiger partial charge is 0.272 e. The molecule has 100 valence electrons. The van der Waals surface area contributed by atoms with E-state index in [1.165, 1.54) is 0 Å². The highest BCUT2D eigenvalue weighted by molar-refractivity contribution is 5.92. The van der Waals surface area contributed by atoms with Crippen LogP contribution in [0.5, 0.6) is 0 Å². The maximum Gasteiger partial charge on any atom is 0.272 e. The summed E-state index contributed by atoms with van der Waals surface area (Å²) >= 11 is 0. The number of amides is 1. The van der Waals surface area contributed by atoms with Crippen molar-refractivity contribution in [2.75, 3.05) is 25.5 Å². The van der Waals surface area contributed by atoms with Crippen molar-refractivity contribution in [2.24, 2.45) is 0 Å². The van der Waals surface area contributed by atoms with Gasteiger partial charge in [0.15, 0.2) is 0 Å². The highest BCUT2D eigenvalue weighted by atomic mass is 16.3. The average Bonchev–Trinajstić information content (AvgIpc) is 2.34. The standard InChI is InChI=1S/C13H21N3O2/c1-5-16(9-13(2,3)18)12(17)10-7-6-8-11(14-4)15-10/h6-8,18H,5,9H2,1-4H3,(H,14,15). The Labute approximate surface area is 108 Å². The molecule has 0 saturated carbocycles. The molecule has 0 radical (unpaired) electrons. The van der Waals surface area contributed by atoms with E-state index < -0.39 is 5.60 Å². The number of rotatable bonds is 5. The van der Waals surface area contributed by atoms with E-state index in [1.54, 1.807) is 44.0 Å². The zero-order chi connectivity index (χ0) is 13.8. The molecule has 1 heterocycles. The minimum atomic E-state index is -0.910. The molecular weight excluding hydrogens is 230 g/mol. The van der Waals surface area contributed by atoms with E-state index in [0.717, 1.165) is 0 Å². The predicted octanol–water partition coefficient (Wildman–Crippen LogP) is 1.36. The Kier molecular flexibility index (Phi) is 4.67. The number of hydrogen-bond acceptors (Lipinski definition) is 4. The van der Waals surface area contributed by atoms with Crippen LogP contribution in [0.2, 0.25) is 0 Å². The number of likely N-dealkylation sites (N-methyl/N-ethyl adjacent to an activating group) is 1. The molecule has 0 saturated heterocycles. The van der Waals surface area contributed by atoms with Crippen LogP contribution in [0, 0.1) is 0 Å². The summed E-state index contributed by atoms with van der Waals surface area (Å²) in [6.07, 6.45) is 0. The summed E-state index contributed by atoms with van der Waals surface area (Å²) < 4.78 is 0. The van der Waals surface area contributed by atoms with Crippen LogP contribution in [0.4, 0.5) is 5.82 Å². The van der Waals surface area contributed by atoms with Crippen LogP contribution in [0.3, 0.4) is 0 Å². The highest BCUT2D eigenvalue weighted by Gasteiger charge is 2.23. The molecule has 0 fully saturated rings. The zero-order valence-electron chi connectivity index (χ0n) is 11.4. The molecular formula is C13H21N3O2. The molecule has 0 unspecified atom stereocenters. The summed E-state index contributed by atoms with van der Waals surface area (Å²) in [5.41, 5.74) is -0.528. The van der Waals surface area contributed by atoms with E-state index in [4.69, 9.17) is 0 Å². The first-order valence-electron chi connectivity index (χ1n) is 6.04. The van der Waals surface area contributed by atoms with Gasteiger partial charge in [0.25, 0.3) is 5.91 Å². The van der Waals surface area contributed by atoms with Crippen LogP contribution in [-0.2, 0) is 0 Å². The minimum Gasteiger partial charge on any atom is -0.389 e. The summed E-state index contributed by atoms with van der Waals surface area (Å²) in [6.45, 7) is 6.06. The van der Waals surface area contributed by atoms with Gasteiger partial charge in [-0.25, -0.2) is 4.98 Å². The number of nitrogens with zero attached hydrogens (tertiary/aromatic N) is 2. The number of anilines is 1. The first-order valence-corrected chi connectivity index (χ1v) is 6.04. The first-order chi connectivity index (χ1) is 8.37. The normalized spacial score (nSPS) is 11.2. The van der Waals surface area contributed by atoms with Crippen LogP contribution in [-0.4, -0.2) is 46.6 Å². The van der Waals surface area contributed by atoms with Crippen molar-refractivity contribution in [3.05, 3.63) is 23.9 Å².